The minimum atomic E-state index is -0.488. The highest BCUT2D eigenvalue weighted by Gasteiger charge is 2.25. The van der Waals surface area contributed by atoms with E-state index in [1.54, 1.807) is 9.58 Å². The summed E-state index contributed by atoms with van der Waals surface area (Å²) in [6, 6.07) is 0. The monoisotopic (exact) mass is 307 g/mol. The molecule has 1 N–H and O–H groups in total. The fraction of sp³-hybridized carbons (Fsp3) is 0.667. The molecule has 0 aliphatic carbocycles. The molecule has 0 saturated heterocycles. The van der Waals surface area contributed by atoms with Crippen molar-refractivity contribution in [2.45, 2.75) is 39.7 Å². The molecule has 0 radical (unpaired) electrons. The number of nitrogens with one attached hydrogen (secondary N) is 1. The summed E-state index contributed by atoms with van der Waals surface area (Å²) in [6.07, 6.45) is 2.46. The van der Waals surface area contributed by atoms with Crippen LogP contribution in [0, 0.1) is 0 Å². The predicted octanol–water partition coefficient (Wildman–Crippen LogP) is 2.04. The zero-order valence-corrected chi connectivity index (χ0v) is 14.0. The predicted molar refractivity (Wildman–Crippen MR) is 86.3 cm³/mol. The zero-order valence-electron chi connectivity index (χ0n) is 14.0. The van der Waals surface area contributed by atoms with E-state index in [9.17, 15) is 4.79 Å². The molecule has 1 amide bonds. The highest BCUT2D eigenvalue weighted by Crippen LogP contribution is 2.16. The number of aryl methyl sites for hydroxylation is 2. The van der Waals surface area contributed by atoms with Gasteiger partial charge in [0.05, 0.1) is 24.5 Å². The SMILES string of the molecule is CCc1nn(C)cc1NC1=NCCN(C(=O)OC(C)(C)C)C1. The largest absolute Gasteiger partial charge is 0.444 e. The molecular formula is C15H25N5O2. The Morgan fingerprint density at radius 3 is 2.82 bits per heavy atom. The fourth-order valence-electron chi connectivity index (χ4n) is 2.23. The van der Waals surface area contributed by atoms with Crippen molar-refractivity contribution in [3.63, 3.8) is 0 Å². The summed E-state index contributed by atoms with van der Waals surface area (Å²) >= 11 is 0. The van der Waals surface area contributed by atoms with Crippen LogP contribution in [0.3, 0.4) is 0 Å². The van der Waals surface area contributed by atoms with E-state index in [1.165, 1.54) is 0 Å². The summed E-state index contributed by atoms with van der Waals surface area (Å²) in [5.41, 5.74) is 1.44. The Bertz CT molecular complexity index is 571. The lowest BCUT2D eigenvalue weighted by Crippen LogP contribution is -2.45. The van der Waals surface area contributed by atoms with Gasteiger partial charge in [-0.05, 0) is 27.2 Å². The molecule has 122 valence electrons. The molecule has 0 aromatic carbocycles. The average Bonchev–Trinajstić information content (AvgIpc) is 2.77. The molecule has 2 rings (SSSR count). The summed E-state index contributed by atoms with van der Waals surface area (Å²) in [7, 11) is 1.89. The molecule has 1 aliphatic rings. The minimum Gasteiger partial charge on any atom is -0.444 e. The van der Waals surface area contributed by atoms with Gasteiger partial charge in [0, 0.05) is 19.8 Å². The summed E-state index contributed by atoms with van der Waals surface area (Å²) in [6.45, 7) is 9.23. The molecule has 0 bridgehead atoms. The van der Waals surface area contributed by atoms with Crippen LogP contribution in [0.25, 0.3) is 0 Å². The third-order valence-corrected chi connectivity index (χ3v) is 3.18. The molecule has 0 spiro atoms. The summed E-state index contributed by atoms with van der Waals surface area (Å²) in [4.78, 5) is 18.3. The highest BCUT2D eigenvalue weighted by molar-refractivity contribution is 5.99. The first kappa shape index (κ1) is 16.3. The number of hydrogen-bond donors (Lipinski definition) is 1. The van der Waals surface area contributed by atoms with Crippen LogP contribution in [-0.2, 0) is 18.2 Å². The third-order valence-electron chi connectivity index (χ3n) is 3.18. The van der Waals surface area contributed by atoms with Crippen molar-refractivity contribution >= 4 is 17.6 Å². The van der Waals surface area contributed by atoms with Gasteiger partial charge < -0.3 is 10.1 Å². The first-order chi connectivity index (χ1) is 10.3. The van der Waals surface area contributed by atoms with Crippen LogP contribution >= 0.6 is 0 Å². The molecule has 7 nitrogen and oxygen atoms in total. The topological polar surface area (TPSA) is 71.8 Å². The average molecular weight is 307 g/mol. The van der Waals surface area contributed by atoms with E-state index >= 15 is 0 Å². The number of amides is 1. The number of hydrogen-bond acceptors (Lipinski definition) is 5. The lowest BCUT2D eigenvalue weighted by atomic mass is 10.2. The van der Waals surface area contributed by atoms with Crippen LogP contribution in [0.1, 0.15) is 33.4 Å². The number of anilines is 1. The number of amidine groups is 1. The van der Waals surface area contributed by atoms with E-state index in [0.717, 1.165) is 23.6 Å². The number of ether oxygens (including phenoxy) is 1. The molecule has 0 fully saturated rings. The summed E-state index contributed by atoms with van der Waals surface area (Å²) in [5, 5.41) is 7.68. The number of aliphatic imine (C=N–C) groups is 1. The Kier molecular flexibility index (Phi) is 4.73. The second-order valence-corrected chi connectivity index (χ2v) is 6.37. The standard InChI is InChI=1S/C15H25N5O2/c1-6-11-12(9-19(5)18-11)17-13-10-20(8-7-16-13)14(21)22-15(2,3)4/h9H,6-8,10H2,1-5H3,(H,16,17). The molecule has 0 saturated carbocycles. The van der Waals surface area contributed by atoms with Gasteiger partial charge in [0.15, 0.2) is 0 Å². The van der Waals surface area contributed by atoms with Gasteiger partial charge in [-0.25, -0.2) is 4.79 Å². The maximum absolute atomic E-state index is 12.1. The number of carbonyl (C=O) groups excluding carboxylic acids is 1. The van der Waals surface area contributed by atoms with Crippen molar-refractivity contribution in [2.24, 2.45) is 12.0 Å². The van der Waals surface area contributed by atoms with Gasteiger partial charge in [-0.1, -0.05) is 6.92 Å². The molecule has 2 heterocycles. The number of aromatic nitrogens is 2. The van der Waals surface area contributed by atoms with Crippen molar-refractivity contribution in [1.29, 1.82) is 0 Å². The van der Waals surface area contributed by atoms with Crippen molar-refractivity contribution in [3.05, 3.63) is 11.9 Å². The van der Waals surface area contributed by atoms with E-state index in [0.29, 0.717) is 19.6 Å². The van der Waals surface area contributed by atoms with E-state index < -0.39 is 5.60 Å². The van der Waals surface area contributed by atoms with Gasteiger partial charge in [-0.3, -0.25) is 14.6 Å². The molecule has 1 aromatic rings. The molecule has 7 heteroatoms. The molecule has 1 aromatic heterocycles. The van der Waals surface area contributed by atoms with Crippen LogP contribution < -0.4 is 5.32 Å². The maximum atomic E-state index is 12.1. The van der Waals surface area contributed by atoms with Crippen LogP contribution in [0.15, 0.2) is 11.2 Å². The lowest BCUT2D eigenvalue weighted by molar-refractivity contribution is 0.0278. The second kappa shape index (κ2) is 6.37. The second-order valence-electron chi connectivity index (χ2n) is 6.37. The van der Waals surface area contributed by atoms with Crippen molar-refractivity contribution in [1.82, 2.24) is 14.7 Å². The lowest BCUT2D eigenvalue weighted by Gasteiger charge is -2.29. The summed E-state index contributed by atoms with van der Waals surface area (Å²) in [5.74, 6) is 0.764. The molecule has 0 atom stereocenters. The Balaban J connectivity index is 2.01. The molecule has 1 aliphatic heterocycles. The quantitative estimate of drug-likeness (QED) is 0.907. The van der Waals surface area contributed by atoms with E-state index in [1.807, 2.05) is 34.0 Å². The highest BCUT2D eigenvalue weighted by atomic mass is 16.6. The molecular weight excluding hydrogens is 282 g/mol. The van der Waals surface area contributed by atoms with Gasteiger partial charge in [0.25, 0.3) is 0 Å². The van der Waals surface area contributed by atoms with E-state index in [2.05, 4.69) is 22.3 Å². The normalized spacial score (nSPS) is 15.5. The van der Waals surface area contributed by atoms with Crippen molar-refractivity contribution < 1.29 is 9.53 Å². The molecule has 0 unspecified atom stereocenters. The minimum absolute atomic E-state index is 0.302. The first-order valence-corrected chi connectivity index (χ1v) is 7.59. The smallest absolute Gasteiger partial charge is 0.410 e. The Labute approximate surface area is 131 Å². The Morgan fingerprint density at radius 2 is 2.18 bits per heavy atom. The van der Waals surface area contributed by atoms with Crippen LogP contribution in [-0.4, -0.2) is 51.8 Å². The first-order valence-electron chi connectivity index (χ1n) is 7.59. The van der Waals surface area contributed by atoms with Crippen molar-refractivity contribution in [2.75, 3.05) is 25.0 Å². The van der Waals surface area contributed by atoms with E-state index in [4.69, 9.17) is 4.74 Å². The van der Waals surface area contributed by atoms with Crippen molar-refractivity contribution in [3.8, 4) is 0 Å². The van der Waals surface area contributed by atoms with Gasteiger partial charge in [-0.15, -0.1) is 0 Å². The van der Waals surface area contributed by atoms with Gasteiger partial charge in [0.1, 0.15) is 11.4 Å². The Morgan fingerprint density at radius 1 is 1.45 bits per heavy atom. The third kappa shape index (κ3) is 4.22. The van der Waals surface area contributed by atoms with Crippen LogP contribution in [0.4, 0.5) is 10.5 Å². The van der Waals surface area contributed by atoms with Crippen LogP contribution in [0.5, 0.6) is 0 Å². The number of nitrogens with zero attached hydrogens (tertiary/aromatic N) is 4. The fourth-order valence-corrected chi connectivity index (χ4v) is 2.23. The number of carbonyl (C=O) groups is 1. The van der Waals surface area contributed by atoms with Crippen LogP contribution in [0.2, 0.25) is 0 Å². The van der Waals surface area contributed by atoms with Gasteiger partial charge in [-0.2, -0.15) is 5.10 Å². The summed E-state index contributed by atoms with van der Waals surface area (Å²) < 4.78 is 7.19. The number of rotatable bonds is 2. The van der Waals surface area contributed by atoms with Gasteiger partial charge >= 0.3 is 6.09 Å². The van der Waals surface area contributed by atoms with E-state index in [-0.39, 0.29) is 6.09 Å². The maximum Gasteiger partial charge on any atom is 0.410 e. The van der Waals surface area contributed by atoms with Gasteiger partial charge in [0.2, 0.25) is 0 Å². The molecule has 22 heavy (non-hydrogen) atoms. The zero-order chi connectivity index (χ0) is 16.3. The Hall–Kier alpha value is -2.05.